The van der Waals surface area contributed by atoms with Gasteiger partial charge in [0.15, 0.2) is 0 Å². The van der Waals surface area contributed by atoms with Crippen molar-refractivity contribution in [3.8, 4) is 33.4 Å². The first-order chi connectivity index (χ1) is 35.0. The largest absolute Gasteiger partial charge is 0.248 e. The predicted octanol–water partition coefficient (Wildman–Crippen LogP) is 19.1. The summed E-state index contributed by atoms with van der Waals surface area (Å²) in [4.78, 5) is 5.75. The summed E-state index contributed by atoms with van der Waals surface area (Å²) < 4.78 is 0. The van der Waals surface area contributed by atoms with Crippen LogP contribution in [0.3, 0.4) is 0 Å². The SMILES string of the molecule is C=CC(=N/C(=C(/C)CCC(=C)c1ccc(C2C=CCC=CC2)cc1)c1ccc(-c2ccccc2)cc1)c1cc(C2=C3C(=CCC2)C(C)(C)c2ccccc23)cc(-c2cccc3c2-c2ccccc2C3(C)C)c1. The van der Waals surface area contributed by atoms with Crippen molar-refractivity contribution in [3.05, 3.63) is 275 Å². The van der Waals surface area contributed by atoms with E-state index in [0.29, 0.717) is 5.92 Å². The molecule has 0 aromatic heterocycles. The zero-order valence-electron chi connectivity index (χ0n) is 42.7. The molecule has 1 atom stereocenters. The van der Waals surface area contributed by atoms with Crippen molar-refractivity contribution < 1.29 is 0 Å². The van der Waals surface area contributed by atoms with Crippen molar-refractivity contribution in [1.29, 1.82) is 0 Å². The summed E-state index contributed by atoms with van der Waals surface area (Å²) >= 11 is 0. The van der Waals surface area contributed by atoms with E-state index in [1.165, 1.54) is 94.6 Å². The van der Waals surface area contributed by atoms with E-state index in [1.807, 2.05) is 6.08 Å². The molecular formula is C71H65N. The van der Waals surface area contributed by atoms with Crippen molar-refractivity contribution in [2.45, 2.75) is 89.9 Å². The van der Waals surface area contributed by atoms with Gasteiger partial charge in [-0.3, -0.25) is 0 Å². The predicted molar refractivity (Wildman–Crippen MR) is 309 cm³/mol. The highest BCUT2D eigenvalue weighted by Crippen LogP contribution is 2.56. The fraction of sp³-hybridized carbons (Fsp3) is 0.197. The van der Waals surface area contributed by atoms with Gasteiger partial charge in [-0.15, -0.1) is 0 Å². The molecule has 11 rings (SSSR count). The fourth-order valence-corrected chi connectivity index (χ4v) is 12.2. The number of hydrogen-bond acceptors (Lipinski definition) is 1. The number of nitrogens with zero attached hydrogens (tertiary/aromatic N) is 1. The van der Waals surface area contributed by atoms with E-state index < -0.39 is 0 Å². The molecule has 0 aliphatic heterocycles. The highest BCUT2D eigenvalue weighted by molar-refractivity contribution is 6.13. The Morgan fingerprint density at radius 3 is 2.01 bits per heavy atom. The summed E-state index contributed by atoms with van der Waals surface area (Å²) in [5.74, 6) is 0.416. The van der Waals surface area contributed by atoms with Crippen molar-refractivity contribution in [2.75, 3.05) is 0 Å². The van der Waals surface area contributed by atoms with Gasteiger partial charge in [-0.25, -0.2) is 4.99 Å². The summed E-state index contributed by atoms with van der Waals surface area (Å²) in [7, 11) is 0. The molecule has 7 aromatic rings. The normalized spacial score (nSPS) is 17.5. The van der Waals surface area contributed by atoms with Gasteiger partial charge >= 0.3 is 0 Å². The number of fused-ring (bicyclic) bond motifs is 6. The maximum atomic E-state index is 5.75. The van der Waals surface area contributed by atoms with Crippen LogP contribution in [-0.2, 0) is 10.8 Å². The molecule has 0 spiro atoms. The molecule has 1 unspecified atom stereocenters. The lowest BCUT2D eigenvalue weighted by Crippen LogP contribution is -2.16. The molecule has 1 heteroatoms. The van der Waals surface area contributed by atoms with Crippen LogP contribution in [0.15, 0.2) is 230 Å². The van der Waals surface area contributed by atoms with Gasteiger partial charge in [-0.2, -0.15) is 0 Å². The Bertz CT molecular complexity index is 3460. The summed E-state index contributed by atoms with van der Waals surface area (Å²) in [5.41, 5.74) is 27.1. The quantitative estimate of drug-likeness (QED) is 0.0855. The number of rotatable bonds is 12. The Morgan fingerprint density at radius 1 is 0.597 bits per heavy atom. The van der Waals surface area contributed by atoms with Gasteiger partial charge in [0, 0.05) is 27.9 Å². The molecule has 0 saturated carbocycles. The third kappa shape index (κ3) is 8.49. The number of hydrogen-bond donors (Lipinski definition) is 0. The van der Waals surface area contributed by atoms with Gasteiger partial charge in [-0.05, 0) is 170 Å². The molecule has 0 radical (unpaired) electrons. The number of allylic oxidation sites excluding steroid dienone is 11. The molecule has 7 aromatic carbocycles. The lowest BCUT2D eigenvalue weighted by Gasteiger charge is -2.26. The third-order valence-corrected chi connectivity index (χ3v) is 16.2. The minimum absolute atomic E-state index is 0.0762. The van der Waals surface area contributed by atoms with E-state index in [4.69, 9.17) is 4.99 Å². The Morgan fingerprint density at radius 2 is 1.25 bits per heavy atom. The van der Waals surface area contributed by atoms with E-state index in [1.54, 1.807) is 0 Å². The van der Waals surface area contributed by atoms with Gasteiger partial charge in [0.1, 0.15) is 0 Å². The molecule has 0 saturated heterocycles. The molecule has 0 heterocycles. The molecule has 0 fully saturated rings. The summed E-state index contributed by atoms with van der Waals surface area (Å²) in [5, 5.41) is 0. The molecule has 0 amide bonds. The van der Waals surface area contributed by atoms with Crippen molar-refractivity contribution >= 4 is 28.1 Å². The fourth-order valence-electron chi connectivity index (χ4n) is 12.2. The van der Waals surface area contributed by atoms with Crippen molar-refractivity contribution in [3.63, 3.8) is 0 Å². The van der Waals surface area contributed by atoms with Crippen molar-refractivity contribution in [1.82, 2.24) is 0 Å². The maximum Gasteiger partial charge on any atom is 0.0704 e. The van der Waals surface area contributed by atoms with Crippen LogP contribution in [0.2, 0.25) is 0 Å². The zero-order valence-corrected chi connectivity index (χ0v) is 42.7. The third-order valence-electron chi connectivity index (χ3n) is 16.2. The summed E-state index contributed by atoms with van der Waals surface area (Å²) in [6.07, 6.45) is 19.3. The zero-order chi connectivity index (χ0) is 49.6. The second-order valence-electron chi connectivity index (χ2n) is 21.4. The number of aliphatic imine (C=N–C) groups is 1. The maximum absolute atomic E-state index is 5.75. The van der Waals surface area contributed by atoms with Crippen LogP contribution in [0.25, 0.3) is 55.8 Å². The van der Waals surface area contributed by atoms with Crippen LogP contribution in [0, 0.1) is 0 Å². The molecule has 354 valence electrons. The summed E-state index contributed by atoms with van der Waals surface area (Å²) in [6, 6.07) is 60.9. The van der Waals surface area contributed by atoms with Crippen LogP contribution < -0.4 is 0 Å². The van der Waals surface area contributed by atoms with Crippen LogP contribution in [-0.4, -0.2) is 5.71 Å². The molecule has 0 N–H and O–H groups in total. The lowest BCUT2D eigenvalue weighted by molar-refractivity contribution is 0.655. The van der Waals surface area contributed by atoms with E-state index in [9.17, 15) is 0 Å². The van der Waals surface area contributed by atoms with E-state index in [-0.39, 0.29) is 10.8 Å². The Balaban J connectivity index is 1.05. The molecule has 4 aliphatic carbocycles. The van der Waals surface area contributed by atoms with Crippen LogP contribution >= 0.6 is 0 Å². The van der Waals surface area contributed by atoms with E-state index >= 15 is 0 Å². The highest BCUT2D eigenvalue weighted by Gasteiger charge is 2.41. The van der Waals surface area contributed by atoms with Crippen LogP contribution in [0.1, 0.15) is 129 Å². The standard InChI is InChI=1S/C71H65N/c1-8-66(72-69(54-42-40-53(41-43-54)51-24-14-11-15-25-51)48(3)35-34-47(2)49-36-38-52(39-37-49)50-22-12-9-10-13-23-50)57-45-55(58-28-20-32-64-67(58)60-26-16-18-30-62(60)70(64,4)5)44-56(46-57)59-29-21-33-65-68(59)61-27-17-19-31-63(61)71(65,6)7/h8-9,11-20,23-28,30-33,36-46,50H,1-2,10,21-22,29,34-35H2,3-7H3/b69-48-,72-66?. The minimum Gasteiger partial charge on any atom is -0.248 e. The minimum atomic E-state index is -0.116. The van der Waals surface area contributed by atoms with Crippen molar-refractivity contribution in [2.24, 2.45) is 4.99 Å². The first kappa shape index (κ1) is 46.8. The molecule has 0 bridgehead atoms. The van der Waals surface area contributed by atoms with Crippen LogP contribution in [0.4, 0.5) is 0 Å². The smallest absolute Gasteiger partial charge is 0.0704 e. The first-order valence-corrected chi connectivity index (χ1v) is 26.1. The second-order valence-corrected chi connectivity index (χ2v) is 21.4. The Kier molecular flexibility index (Phi) is 12.5. The van der Waals surface area contributed by atoms with Gasteiger partial charge in [0.25, 0.3) is 0 Å². The average Bonchev–Trinajstić information content (AvgIpc) is 3.60. The second kappa shape index (κ2) is 19.2. The Hall–Kier alpha value is -7.61. The monoisotopic (exact) mass is 932 g/mol. The molecule has 1 nitrogen and oxygen atoms in total. The number of benzene rings is 7. The van der Waals surface area contributed by atoms with E-state index in [0.717, 1.165) is 66.6 Å². The Labute approximate surface area is 428 Å². The van der Waals surface area contributed by atoms with Gasteiger partial charge < -0.3 is 0 Å². The molecule has 72 heavy (non-hydrogen) atoms. The topological polar surface area (TPSA) is 12.4 Å². The van der Waals surface area contributed by atoms with E-state index in [2.05, 4.69) is 242 Å². The van der Waals surface area contributed by atoms with Crippen LogP contribution in [0.5, 0.6) is 0 Å². The molecule has 4 aliphatic rings. The van der Waals surface area contributed by atoms with Gasteiger partial charge in [-0.1, -0.05) is 217 Å². The summed E-state index contributed by atoms with van der Waals surface area (Å²) in [6.45, 7) is 20.9. The lowest BCUT2D eigenvalue weighted by atomic mass is 9.77. The average molecular weight is 932 g/mol. The first-order valence-electron chi connectivity index (χ1n) is 26.1. The van der Waals surface area contributed by atoms with Gasteiger partial charge in [0.2, 0.25) is 0 Å². The molecular weight excluding hydrogens is 867 g/mol. The van der Waals surface area contributed by atoms with Gasteiger partial charge in [0.05, 0.1) is 11.4 Å². The highest BCUT2D eigenvalue weighted by atomic mass is 14.8.